The van der Waals surface area contributed by atoms with Gasteiger partial charge in [0.25, 0.3) is 0 Å². The van der Waals surface area contributed by atoms with Crippen LogP contribution in [0.1, 0.15) is 49.2 Å². The molecule has 0 amide bonds. The van der Waals surface area contributed by atoms with E-state index >= 15 is 0 Å². The third-order valence-electron chi connectivity index (χ3n) is 4.13. The second kappa shape index (κ2) is 6.11. The molecule has 0 aliphatic heterocycles. The van der Waals surface area contributed by atoms with Crippen LogP contribution in [0.5, 0.6) is 0 Å². The fourth-order valence-electron chi connectivity index (χ4n) is 2.88. The van der Waals surface area contributed by atoms with E-state index < -0.39 is 0 Å². The molecule has 0 saturated heterocycles. The summed E-state index contributed by atoms with van der Waals surface area (Å²) in [5.74, 6) is 1.43. The standard InChI is InChI=1S/C18H23NS/c1-13(2)17(14-7-4-3-5-8-14)19-18(15-10-11-15)16-9-6-12-20-16/h3-9,12-13,15,17-19H,10-11H2,1-2H3. The van der Waals surface area contributed by atoms with E-state index in [1.807, 2.05) is 11.3 Å². The molecule has 1 saturated carbocycles. The first-order valence-electron chi connectivity index (χ1n) is 7.60. The number of hydrogen-bond donors (Lipinski definition) is 1. The second-order valence-corrected chi connectivity index (χ2v) is 7.11. The summed E-state index contributed by atoms with van der Waals surface area (Å²) in [5, 5.41) is 6.14. The quantitative estimate of drug-likeness (QED) is 0.770. The number of benzene rings is 1. The lowest BCUT2D eigenvalue weighted by Crippen LogP contribution is -2.30. The molecule has 3 rings (SSSR count). The molecule has 2 heteroatoms. The Kier molecular flexibility index (Phi) is 4.23. The van der Waals surface area contributed by atoms with E-state index in [1.54, 1.807) is 0 Å². The van der Waals surface area contributed by atoms with E-state index in [1.165, 1.54) is 23.3 Å². The molecular weight excluding hydrogens is 262 g/mol. The van der Waals surface area contributed by atoms with Gasteiger partial charge < -0.3 is 5.32 Å². The molecule has 1 aromatic carbocycles. The second-order valence-electron chi connectivity index (χ2n) is 6.13. The van der Waals surface area contributed by atoms with Gasteiger partial charge in [-0.2, -0.15) is 0 Å². The fraction of sp³-hybridized carbons (Fsp3) is 0.444. The summed E-state index contributed by atoms with van der Waals surface area (Å²) >= 11 is 1.89. The zero-order valence-corrected chi connectivity index (χ0v) is 13.1. The Balaban J connectivity index is 1.81. The fourth-order valence-corrected chi connectivity index (χ4v) is 3.75. The molecule has 1 N–H and O–H groups in total. The van der Waals surface area contributed by atoms with Crippen LogP contribution in [0.3, 0.4) is 0 Å². The van der Waals surface area contributed by atoms with Gasteiger partial charge in [0.05, 0.1) is 0 Å². The SMILES string of the molecule is CC(C)C(NC(c1cccs1)C1CC1)c1ccccc1. The van der Waals surface area contributed by atoms with Crippen molar-refractivity contribution in [3.05, 3.63) is 58.3 Å². The minimum Gasteiger partial charge on any atom is -0.302 e. The molecule has 1 heterocycles. The van der Waals surface area contributed by atoms with E-state index in [0.29, 0.717) is 18.0 Å². The van der Waals surface area contributed by atoms with Crippen molar-refractivity contribution < 1.29 is 0 Å². The average molecular weight is 285 g/mol. The molecule has 20 heavy (non-hydrogen) atoms. The van der Waals surface area contributed by atoms with Crippen LogP contribution in [-0.2, 0) is 0 Å². The molecule has 2 atom stereocenters. The number of rotatable bonds is 6. The van der Waals surface area contributed by atoms with Crippen molar-refractivity contribution in [2.75, 3.05) is 0 Å². The van der Waals surface area contributed by atoms with E-state index in [0.717, 1.165) is 5.92 Å². The first kappa shape index (κ1) is 13.8. The van der Waals surface area contributed by atoms with Crippen molar-refractivity contribution in [1.29, 1.82) is 0 Å². The monoisotopic (exact) mass is 285 g/mol. The van der Waals surface area contributed by atoms with Gasteiger partial charge in [-0.15, -0.1) is 11.3 Å². The highest BCUT2D eigenvalue weighted by Gasteiger charge is 2.34. The lowest BCUT2D eigenvalue weighted by molar-refractivity contribution is 0.345. The highest BCUT2D eigenvalue weighted by Crippen LogP contribution is 2.44. The topological polar surface area (TPSA) is 12.0 Å². The molecule has 106 valence electrons. The molecule has 1 fully saturated rings. The highest BCUT2D eigenvalue weighted by atomic mass is 32.1. The maximum absolute atomic E-state index is 3.94. The Hall–Kier alpha value is -1.12. The van der Waals surface area contributed by atoms with Gasteiger partial charge in [0.15, 0.2) is 0 Å². The molecule has 2 aromatic rings. The van der Waals surface area contributed by atoms with Crippen LogP contribution in [0.25, 0.3) is 0 Å². The van der Waals surface area contributed by atoms with Crippen molar-refractivity contribution in [3.8, 4) is 0 Å². The van der Waals surface area contributed by atoms with Gasteiger partial charge in [-0.05, 0) is 41.7 Å². The minimum atomic E-state index is 0.434. The molecule has 2 unspecified atom stereocenters. The van der Waals surface area contributed by atoms with Crippen LogP contribution in [0.15, 0.2) is 47.8 Å². The van der Waals surface area contributed by atoms with Crippen molar-refractivity contribution in [3.63, 3.8) is 0 Å². The summed E-state index contributed by atoms with van der Waals surface area (Å²) in [7, 11) is 0. The van der Waals surface area contributed by atoms with E-state index in [9.17, 15) is 0 Å². The van der Waals surface area contributed by atoms with E-state index in [4.69, 9.17) is 0 Å². The van der Waals surface area contributed by atoms with Crippen molar-refractivity contribution in [1.82, 2.24) is 5.32 Å². The third kappa shape index (κ3) is 3.13. The Labute approximate surface area is 126 Å². The molecular formula is C18H23NS. The number of thiophene rings is 1. The van der Waals surface area contributed by atoms with E-state index in [-0.39, 0.29) is 0 Å². The highest BCUT2D eigenvalue weighted by molar-refractivity contribution is 7.10. The van der Waals surface area contributed by atoms with E-state index in [2.05, 4.69) is 67.0 Å². The smallest absolute Gasteiger partial charge is 0.0448 e. The number of hydrogen-bond acceptors (Lipinski definition) is 2. The van der Waals surface area contributed by atoms with Gasteiger partial charge in [-0.1, -0.05) is 50.2 Å². The van der Waals surface area contributed by atoms with Gasteiger partial charge in [0.2, 0.25) is 0 Å². The summed E-state index contributed by atoms with van der Waals surface area (Å²) in [6.07, 6.45) is 2.74. The molecule has 1 aliphatic rings. The van der Waals surface area contributed by atoms with Crippen molar-refractivity contribution in [2.45, 2.75) is 38.8 Å². The summed E-state index contributed by atoms with van der Waals surface area (Å²) in [5.41, 5.74) is 1.41. The zero-order chi connectivity index (χ0) is 13.9. The van der Waals surface area contributed by atoms with Gasteiger partial charge in [0.1, 0.15) is 0 Å². The molecule has 0 radical (unpaired) electrons. The normalized spacial score (nSPS) is 18.1. The molecule has 1 aromatic heterocycles. The lowest BCUT2D eigenvalue weighted by atomic mass is 9.94. The minimum absolute atomic E-state index is 0.434. The summed E-state index contributed by atoms with van der Waals surface area (Å²) < 4.78 is 0. The van der Waals surface area contributed by atoms with Crippen molar-refractivity contribution in [2.24, 2.45) is 11.8 Å². The Bertz CT molecular complexity index is 514. The van der Waals surface area contributed by atoms with Crippen LogP contribution in [0.4, 0.5) is 0 Å². The molecule has 0 bridgehead atoms. The van der Waals surface area contributed by atoms with Crippen LogP contribution in [0.2, 0.25) is 0 Å². The predicted octanol–water partition coefficient (Wildman–Crippen LogP) is 5.19. The van der Waals surface area contributed by atoms with Crippen LogP contribution in [0, 0.1) is 11.8 Å². The van der Waals surface area contributed by atoms with Gasteiger partial charge in [-0.3, -0.25) is 0 Å². The van der Waals surface area contributed by atoms with Gasteiger partial charge in [-0.25, -0.2) is 0 Å². The Morgan fingerprint density at radius 3 is 2.35 bits per heavy atom. The first-order valence-corrected chi connectivity index (χ1v) is 8.48. The summed E-state index contributed by atoms with van der Waals surface area (Å²) in [4.78, 5) is 1.49. The van der Waals surface area contributed by atoms with Crippen LogP contribution < -0.4 is 5.32 Å². The summed E-state index contributed by atoms with van der Waals surface area (Å²) in [6.45, 7) is 4.62. The maximum Gasteiger partial charge on any atom is 0.0448 e. The molecule has 1 nitrogen and oxygen atoms in total. The molecule has 1 aliphatic carbocycles. The average Bonchev–Trinajstić information content (AvgIpc) is 3.15. The Morgan fingerprint density at radius 2 is 1.80 bits per heavy atom. The lowest BCUT2D eigenvalue weighted by Gasteiger charge is -2.28. The van der Waals surface area contributed by atoms with Gasteiger partial charge in [0, 0.05) is 17.0 Å². The largest absolute Gasteiger partial charge is 0.302 e. The van der Waals surface area contributed by atoms with Crippen molar-refractivity contribution >= 4 is 11.3 Å². The van der Waals surface area contributed by atoms with Crippen LogP contribution >= 0.6 is 11.3 Å². The molecule has 0 spiro atoms. The Morgan fingerprint density at radius 1 is 1.05 bits per heavy atom. The number of nitrogens with one attached hydrogen (secondary N) is 1. The summed E-state index contributed by atoms with van der Waals surface area (Å²) in [6, 6.07) is 16.3. The predicted molar refractivity (Wildman–Crippen MR) is 86.9 cm³/mol. The first-order chi connectivity index (χ1) is 9.75. The van der Waals surface area contributed by atoms with Crippen LogP contribution in [-0.4, -0.2) is 0 Å². The van der Waals surface area contributed by atoms with Gasteiger partial charge >= 0.3 is 0 Å². The third-order valence-corrected chi connectivity index (χ3v) is 5.08. The zero-order valence-electron chi connectivity index (χ0n) is 12.3. The maximum atomic E-state index is 3.94.